The van der Waals surface area contributed by atoms with Crippen molar-refractivity contribution in [2.24, 2.45) is 0 Å². The summed E-state index contributed by atoms with van der Waals surface area (Å²) in [5, 5.41) is 2.71. The summed E-state index contributed by atoms with van der Waals surface area (Å²) in [6, 6.07) is 7.62. The molecule has 0 fully saturated rings. The number of anilines is 1. The van der Waals surface area contributed by atoms with Crippen LogP contribution in [-0.4, -0.2) is 19.6 Å². The summed E-state index contributed by atoms with van der Waals surface area (Å²) in [4.78, 5) is 11.1. The van der Waals surface area contributed by atoms with Gasteiger partial charge in [-0.2, -0.15) is 0 Å². The molecule has 0 aliphatic rings. The number of ether oxygens (including phenoxy) is 1. The molecule has 0 saturated carbocycles. The smallest absolute Gasteiger partial charge is 0.250 e. The Bertz CT molecular complexity index is 294. The molecule has 0 atom stereocenters. The molecule has 0 bridgehead atoms. The maximum atomic E-state index is 11.1. The number of methoxy groups -OCH3 is 1. The molecule has 1 amide bonds. The van der Waals surface area contributed by atoms with Crippen molar-refractivity contribution in [1.29, 1.82) is 0 Å². The van der Waals surface area contributed by atoms with E-state index < -0.39 is 0 Å². The third kappa shape index (κ3) is 11.1. The Hall–Kier alpha value is -1.35. The maximum absolute atomic E-state index is 11.1. The topological polar surface area (TPSA) is 38.3 Å². The number of hydrogen-bond acceptors (Lipinski definition) is 2. The number of benzene rings is 1. The van der Waals surface area contributed by atoms with E-state index >= 15 is 0 Å². The van der Waals surface area contributed by atoms with E-state index in [1.165, 1.54) is 19.1 Å². The van der Waals surface area contributed by atoms with Crippen molar-refractivity contribution in [2.45, 2.75) is 41.0 Å². The van der Waals surface area contributed by atoms with Gasteiger partial charge in [-0.25, -0.2) is 0 Å². The average Bonchev–Trinajstić information content (AvgIpc) is 2.36. The van der Waals surface area contributed by atoms with E-state index in [4.69, 9.17) is 0 Å². The lowest BCUT2D eigenvalue weighted by atomic mass is 10.2. The molecular weight excluding hydrogens is 226 g/mol. The molecule has 0 aliphatic heterocycles. The lowest BCUT2D eigenvalue weighted by molar-refractivity contribution is -0.119. The van der Waals surface area contributed by atoms with Crippen LogP contribution in [0, 0.1) is 6.92 Å². The van der Waals surface area contributed by atoms with Gasteiger partial charge in [0, 0.05) is 12.8 Å². The molecular formula is C15H27NO2. The van der Waals surface area contributed by atoms with Crippen LogP contribution in [0.3, 0.4) is 0 Å². The molecule has 104 valence electrons. The first-order valence-corrected chi connectivity index (χ1v) is 6.49. The minimum atomic E-state index is -0.133. The molecule has 1 aromatic carbocycles. The predicted octanol–water partition coefficient (Wildman–Crippen LogP) is 4.02. The van der Waals surface area contributed by atoms with Gasteiger partial charge in [-0.15, -0.1) is 0 Å². The lowest BCUT2D eigenvalue weighted by Crippen LogP contribution is -2.16. The van der Waals surface area contributed by atoms with Gasteiger partial charge in [0.2, 0.25) is 5.91 Å². The van der Waals surface area contributed by atoms with Gasteiger partial charge >= 0.3 is 0 Å². The minimum absolute atomic E-state index is 0.0911. The van der Waals surface area contributed by atoms with Crippen molar-refractivity contribution >= 4 is 11.6 Å². The average molecular weight is 253 g/mol. The number of amides is 1. The third-order valence-electron chi connectivity index (χ3n) is 1.61. The molecule has 18 heavy (non-hydrogen) atoms. The van der Waals surface area contributed by atoms with Crippen molar-refractivity contribution in [1.82, 2.24) is 0 Å². The van der Waals surface area contributed by atoms with Crippen molar-refractivity contribution < 1.29 is 9.53 Å². The molecule has 1 rings (SSSR count). The predicted molar refractivity (Wildman–Crippen MR) is 79.0 cm³/mol. The van der Waals surface area contributed by atoms with E-state index in [-0.39, 0.29) is 12.5 Å². The Balaban J connectivity index is 0. The van der Waals surface area contributed by atoms with Crippen molar-refractivity contribution in [3.63, 3.8) is 0 Å². The van der Waals surface area contributed by atoms with Gasteiger partial charge in [-0.05, 0) is 19.1 Å². The van der Waals surface area contributed by atoms with Crippen LogP contribution in [0.25, 0.3) is 0 Å². The second-order valence-corrected chi connectivity index (χ2v) is 3.55. The summed E-state index contributed by atoms with van der Waals surface area (Å²) in [6.07, 6.45) is 1.25. The fourth-order valence-electron chi connectivity index (χ4n) is 0.965. The highest BCUT2D eigenvalue weighted by molar-refractivity contribution is 5.91. The van der Waals surface area contributed by atoms with Crippen molar-refractivity contribution in [3.8, 4) is 0 Å². The molecule has 0 heterocycles. The first-order valence-electron chi connectivity index (χ1n) is 6.49. The monoisotopic (exact) mass is 253 g/mol. The lowest BCUT2D eigenvalue weighted by Gasteiger charge is -2.03. The Morgan fingerprint density at radius 3 is 2.00 bits per heavy atom. The van der Waals surface area contributed by atoms with E-state index in [0.717, 1.165) is 5.69 Å². The Kier molecular flexibility index (Phi) is 14.5. The fourth-order valence-corrected chi connectivity index (χ4v) is 0.965. The summed E-state index contributed by atoms with van der Waals surface area (Å²) in [6.45, 7) is 10.3. The zero-order valence-electron chi connectivity index (χ0n) is 12.5. The van der Waals surface area contributed by atoms with Crippen LogP contribution in [0.4, 0.5) is 5.69 Å². The summed E-state index contributed by atoms with van der Waals surface area (Å²) in [5.41, 5.74) is 1.97. The highest BCUT2D eigenvalue weighted by Gasteiger charge is 1.99. The number of nitrogens with one attached hydrogen (secondary N) is 1. The second kappa shape index (κ2) is 13.7. The maximum Gasteiger partial charge on any atom is 0.250 e. The first-order chi connectivity index (χ1) is 8.63. The number of rotatable bonds is 3. The largest absolute Gasteiger partial charge is 0.375 e. The molecule has 0 aromatic heterocycles. The van der Waals surface area contributed by atoms with Crippen LogP contribution >= 0.6 is 0 Å². The molecule has 0 radical (unpaired) electrons. The number of hydrogen-bond donors (Lipinski definition) is 1. The zero-order valence-corrected chi connectivity index (χ0v) is 12.5. The Morgan fingerprint density at radius 2 is 1.61 bits per heavy atom. The van der Waals surface area contributed by atoms with Gasteiger partial charge in [-0.3, -0.25) is 4.79 Å². The molecule has 3 nitrogen and oxygen atoms in total. The molecule has 0 spiro atoms. The first kappa shape index (κ1) is 19.0. The summed E-state index contributed by atoms with van der Waals surface area (Å²) >= 11 is 0. The highest BCUT2D eigenvalue weighted by Crippen LogP contribution is 2.07. The van der Waals surface area contributed by atoms with Crippen LogP contribution in [0.5, 0.6) is 0 Å². The molecule has 3 heteroatoms. The zero-order chi connectivity index (χ0) is 14.4. The van der Waals surface area contributed by atoms with Crippen LogP contribution in [0.15, 0.2) is 24.3 Å². The van der Waals surface area contributed by atoms with Gasteiger partial charge < -0.3 is 10.1 Å². The quantitative estimate of drug-likeness (QED) is 0.883. The number of carbonyl (C=O) groups excluding carboxylic acids is 1. The van der Waals surface area contributed by atoms with Crippen LogP contribution in [-0.2, 0) is 9.53 Å². The van der Waals surface area contributed by atoms with Gasteiger partial charge in [0.25, 0.3) is 0 Å². The van der Waals surface area contributed by atoms with E-state index in [0.29, 0.717) is 0 Å². The summed E-state index contributed by atoms with van der Waals surface area (Å²) in [5.74, 6) is -0.133. The van der Waals surface area contributed by atoms with Crippen LogP contribution in [0.2, 0.25) is 0 Å². The van der Waals surface area contributed by atoms with Crippen molar-refractivity contribution in [3.05, 3.63) is 29.8 Å². The Labute approximate surface area is 112 Å². The van der Waals surface area contributed by atoms with Crippen LogP contribution in [0.1, 0.15) is 39.7 Å². The van der Waals surface area contributed by atoms with E-state index in [1.807, 2.05) is 45.0 Å². The van der Waals surface area contributed by atoms with E-state index in [1.54, 1.807) is 0 Å². The van der Waals surface area contributed by atoms with Gasteiger partial charge in [0.15, 0.2) is 0 Å². The SMILES string of the molecule is CC.CCC.COCC(=O)Nc1ccc(C)cc1. The number of aryl methyl sites for hydroxylation is 1. The highest BCUT2D eigenvalue weighted by atomic mass is 16.5. The van der Waals surface area contributed by atoms with E-state index in [9.17, 15) is 4.79 Å². The Morgan fingerprint density at radius 1 is 1.17 bits per heavy atom. The van der Waals surface area contributed by atoms with Crippen LogP contribution < -0.4 is 5.32 Å². The summed E-state index contributed by atoms with van der Waals surface area (Å²) < 4.78 is 4.69. The normalized spacial score (nSPS) is 8.33. The third-order valence-corrected chi connectivity index (χ3v) is 1.61. The van der Waals surface area contributed by atoms with Gasteiger partial charge in [-0.1, -0.05) is 51.8 Å². The molecule has 0 saturated heterocycles. The van der Waals surface area contributed by atoms with Crippen molar-refractivity contribution in [2.75, 3.05) is 19.0 Å². The number of carbonyl (C=O) groups is 1. The van der Waals surface area contributed by atoms with Gasteiger partial charge in [0.1, 0.15) is 6.61 Å². The molecule has 1 aromatic rings. The second-order valence-electron chi connectivity index (χ2n) is 3.55. The molecule has 0 unspecified atom stereocenters. The fraction of sp³-hybridized carbons (Fsp3) is 0.533. The van der Waals surface area contributed by atoms with E-state index in [2.05, 4.69) is 23.9 Å². The molecule has 1 N–H and O–H groups in total. The van der Waals surface area contributed by atoms with Gasteiger partial charge in [0.05, 0.1) is 0 Å². The minimum Gasteiger partial charge on any atom is -0.375 e. The summed E-state index contributed by atoms with van der Waals surface area (Å²) in [7, 11) is 1.49. The molecule has 0 aliphatic carbocycles. The standard InChI is InChI=1S/C10H13NO2.C3H8.C2H6/c1-8-3-5-9(6-4-8)11-10(12)7-13-2;1-3-2;1-2/h3-6H,7H2,1-2H3,(H,11,12);3H2,1-2H3;1-2H3.